The zero-order valence-corrected chi connectivity index (χ0v) is 10.5. The minimum Gasteiger partial charge on any atom is -0.462 e. The third-order valence-electron chi connectivity index (χ3n) is 3.18. The number of hydrogen-bond donors (Lipinski definition) is 1. The van der Waals surface area contributed by atoms with Gasteiger partial charge in [0.2, 0.25) is 0 Å². The molecule has 1 atom stereocenters. The average molecular weight is 215 g/mol. The summed E-state index contributed by atoms with van der Waals surface area (Å²) in [5.74, 6) is -0.129. The fourth-order valence-corrected chi connectivity index (χ4v) is 1.68. The van der Waals surface area contributed by atoms with E-state index in [4.69, 9.17) is 10.5 Å². The summed E-state index contributed by atoms with van der Waals surface area (Å²) in [6.07, 6.45) is 3.45. The monoisotopic (exact) mass is 215 g/mol. The summed E-state index contributed by atoms with van der Waals surface area (Å²) in [4.78, 5) is 11.9. The Morgan fingerprint density at radius 3 is 2.20 bits per heavy atom. The maximum absolute atomic E-state index is 11.9. The number of carbonyl (C=O) groups is 1. The first-order valence-corrected chi connectivity index (χ1v) is 5.97. The molecule has 0 bridgehead atoms. The molecule has 0 saturated carbocycles. The molecule has 3 heteroatoms. The van der Waals surface area contributed by atoms with Crippen LogP contribution in [0.4, 0.5) is 0 Å². The van der Waals surface area contributed by atoms with Crippen LogP contribution < -0.4 is 5.73 Å². The zero-order chi connectivity index (χ0) is 11.9. The highest BCUT2D eigenvalue weighted by atomic mass is 16.5. The zero-order valence-electron chi connectivity index (χ0n) is 10.5. The minimum atomic E-state index is -0.470. The summed E-state index contributed by atoms with van der Waals surface area (Å²) in [5, 5.41) is 0. The lowest BCUT2D eigenvalue weighted by Gasteiger charge is -2.29. The van der Waals surface area contributed by atoms with Crippen LogP contribution in [-0.4, -0.2) is 18.6 Å². The highest BCUT2D eigenvalue weighted by molar-refractivity contribution is 5.77. The molecule has 90 valence electrons. The van der Waals surface area contributed by atoms with Crippen LogP contribution in [0.15, 0.2) is 0 Å². The molecule has 0 fully saturated rings. The lowest BCUT2D eigenvalue weighted by molar-refractivity contribution is -0.161. The van der Waals surface area contributed by atoms with Gasteiger partial charge in [-0.3, -0.25) is 4.79 Å². The smallest absolute Gasteiger partial charge is 0.313 e. The van der Waals surface area contributed by atoms with E-state index >= 15 is 0 Å². The van der Waals surface area contributed by atoms with Gasteiger partial charge in [-0.15, -0.1) is 0 Å². The number of ether oxygens (including phenoxy) is 1. The Balaban J connectivity index is 4.38. The molecule has 0 aliphatic rings. The second-order valence-electron chi connectivity index (χ2n) is 4.20. The predicted molar refractivity (Wildman–Crippen MR) is 62.5 cm³/mol. The van der Waals surface area contributed by atoms with Gasteiger partial charge in [-0.25, -0.2) is 0 Å². The van der Waals surface area contributed by atoms with Crippen molar-refractivity contribution >= 4 is 5.97 Å². The third kappa shape index (κ3) is 3.82. The molecule has 15 heavy (non-hydrogen) atoms. The topological polar surface area (TPSA) is 52.3 Å². The van der Waals surface area contributed by atoms with E-state index in [1.807, 2.05) is 20.8 Å². The summed E-state index contributed by atoms with van der Waals surface area (Å²) in [5.41, 5.74) is 5.21. The van der Waals surface area contributed by atoms with Crippen LogP contribution in [0.25, 0.3) is 0 Å². The quantitative estimate of drug-likeness (QED) is 0.664. The van der Waals surface area contributed by atoms with Gasteiger partial charge in [0, 0.05) is 6.54 Å². The molecule has 1 unspecified atom stereocenters. The molecule has 0 aliphatic heterocycles. The Morgan fingerprint density at radius 1 is 1.33 bits per heavy atom. The van der Waals surface area contributed by atoms with E-state index in [0.717, 1.165) is 25.7 Å². The third-order valence-corrected chi connectivity index (χ3v) is 3.18. The molecule has 0 amide bonds. The van der Waals surface area contributed by atoms with E-state index in [0.29, 0.717) is 6.54 Å². The maximum Gasteiger partial charge on any atom is 0.313 e. The number of hydrogen-bond acceptors (Lipinski definition) is 3. The molecule has 3 nitrogen and oxygen atoms in total. The van der Waals surface area contributed by atoms with Crippen molar-refractivity contribution in [1.82, 2.24) is 0 Å². The van der Waals surface area contributed by atoms with Gasteiger partial charge in [0.05, 0.1) is 11.5 Å². The van der Waals surface area contributed by atoms with Gasteiger partial charge >= 0.3 is 5.97 Å². The van der Waals surface area contributed by atoms with Crippen LogP contribution in [0.1, 0.15) is 53.4 Å². The van der Waals surface area contributed by atoms with Crippen molar-refractivity contribution in [2.75, 3.05) is 6.54 Å². The average Bonchev–Trinajstić information content (AvgIpc) is 2.21. The van der Waals surface area contributed by atoms with Gasteiger partial charge in [0.1, 0.15) is 0 Å². The fourth-order valence-electron chi connectivity index (χ4n) is 1.68. The van der Waals surface area contributed by atoms with Crippen molar-refractivity contribution in [3.05, 3.63) is 0 Å². The van der Waals surface area contributed by atoms with Crippen molar-refractivity contribution in [2.24, 2.45) is 11.1 Å². The van der Waals surface area contributed by atoms with E-state index in [9.17, 15) is 4.79 Å². The fraction of sp³-hybridized carbons (Fsp3) is 0.917. The molecule has 0 aromatic heterocycles. The second kappa shape index (κ2) is 6.83. The van der Waals surface area contributed by atoms with Crippen LogP contribution >= 0.6 is 0 Å². The van der Waals surface area contributed by atoms with Crippen molar-refractivity contribution in [1.29, 1.82) is 0 Å². The van der Waals surface area contributed by atoms with Gasteiger partial charge in [0.15, 0.2) is 0 Å². The van der Waals surface area contributed by atoms with Gasteiger partial charge < -0.3 is 10.5 Å². The molecule has 2 N–H and O–H groups in total. The van der Waals surface area contributed by atoms with E-state index < -0.39 is 5.41 Å². The van der Waals surface area contributed by atoms with E-state index in [-0.39, 0.29) is 12.1 Å². The van der Waals surface area contributed by atoms with Crippen LogP contribution in [-0.2, 0) is 9.53 Å². The summed E-state index contributed by atoms with van der Waals surface area (Å²) in [6, 6.07) is 0. The van der Waals surface area contributed by atoms with Crippen molar-refractivity contribution in [3.8, 4) is 0 Å². The Bertz CT molecular complexity index is 180. The summed E-state index contributed by atoms with van der Waals surface area (Å²) in [7, 11) is 0. The van der Waals surface area contributed by atoms with Crippen LogP contribution in [0, 0.1) is 5.41 Å². The van der Waals surface area contributed by atoms with Gasteiger partial charge in [-0.1, -0.05) is 27.2 Å². The highest BCUT2D eigenvalue weighted by Crippen LogP contribution is 2.27. The molecule has 0 radical (unpaired) electrons. The lowest BCUT2D eigenvalue weighted by Crippen LogP contribution is -2.40. The van der Waals surface area contributed by atoms with E-state index in [1.165, 1.54) is 0 Å². The summed E-state index contributed by atoms with van der Waals surface area (Å²) >= 11 is 0. The molecule has 0 spiro atoms. The SMILES string of the molecule is CCCC(C)OC(=O)C(CC)(CC)CN. The number of esters is 1. The van der Waals surface area contributed by atoms with Crippen LogP contribution in [0.3, 0.4) is 0 Å². The first-order valence-electron chi connectivity index (χ1n) is 5.97. The maximum atomic E-state index is 11.9. The Labute approximate surface area is 93.4 Å². The second-order valence-corrected chi connectivity index (χ2v) is 4.20. The van der Waals surface area contributed by atoms with E-state index in [1.54, 1.807) is 0 Å². The minimum absolute atomic E-state index is 0.00604. The Kier molecular flexibility index (Phi) is 6.57. The molecular formula is C12H25NO2. The molecule has 0 aromatic carbocycles. The largest absolute Gasteiger partial charge is 0.462 e. The van der Waals surface area contributed by atoms with Crippen molar-refractivity contribution in [2.45, 2.75) is 59.5 Å². The summed E-state index contributed by atoms with van der Waals surface area (Å²) < 4.78 is 5.41. The van der Waals surface area contributed by atoms with Gasteiger partial charge in [-0.2, -0.15) is 0 Å². The van der Waals surface area contributed by atoms with Crippen LogP contribution in [0.2, 0.25) is 0 Å². The lowest BCUT2D eigenvalue weighted by atomic mass is 9.82. The van der Waals surface area contributed by atoms with Gasteiger partial charge in [0.25, 0.3) is 0 Å². The number of carbonyl (C=O) groups excluding carboxylic acids is 1. The normalized spacial score (nSPS) is 13.7. The van der Waals surface area contributed by atoms with Crippen molar-refractivity contribution < 1.29 is 9.53 Å². The predicted octanol–water partition coefficient (Wildman–Crippen LogP) is 2.48. The molecular weight excluding hydrogens is 190 g/mol. The van der Waals surface area contributed by atoms with E-state index in [2.05, 4.69) is 6.92 Å². The van der Waals surface area contributed by atoms with Crippen LogP contribution in [0.5, 0.6) is 0 Å². The molecule has 0 heterocycles. The standard InChI is InChI=1S/C12H25NO2/c1-5-8-10(4)15-11(14)12(6-2,7-3)9-13/h10H,5-9,13H2,1-4H3. The molecule has 0 saturated heterocycles. The number of nitrogens with two attached hydrogens (primary N) is 1. The van der Waals surface area contributed by atoms with Gasteiger partial charge in [-0.05, 0) is 26.2 Å². The molecule has 0 rings (SSSR count). The molecule has 0 aliphatic carbocycles. The Morgan fingerprint density at radius 2 is 1.87 bits per heavy atom. The number of rotatable bonds is 7. The molecule has 0 aromatic rings. The first-order chi connectivity index (χ1) is 7.06. The van der Waals surface area contributed by atoms with Crippen molar-refractivity contribution in [3.63, 3.8) is 0 Å². The highest BCUT2D eigenvalue weighted by Gasteiger charge is 2.35. The first kappa shape index (κ1) is 14.4. The summed E-state index contributed by atoms with van der Waals surface area (Å²) in [6.45, 7) is 8.37. The Hall–Kier alpha value is -0.570.